The van der Waals surface area contributed by atoms with Crippen LogP contribution in [0.5, 0.6) is 0 Å². The number of hydrogen-bond acceptors (Lipinski definition) is 2. The van der Waals surface area contributed by atoms with Crippen molar-refractivity contribution in [2.24, 2.45) is 0 Å². The van der Waals surface area contributed by atoms with Crippen molar-refractivity contribution in [2.45, 2.75) is 6.54 Å². The van der Waals surface area contributed by atoms with E-state index in [1.807, 2.05) is 24.3 Å². The van der Waals surface area contributed by atoms with Gasteiger partial charge in [-0.05, 0) is 12.1 Å². The quantitative estimate of drug-likeness (QED) is 0.768. The SMILES string of the molecule is [O]CC(=O)NCc1nc2ccccc2[nH]1. The fourth-order valence-corrected chi connectivity index (χ4v) is 1.32. The zero-order valence-corrected chi connectivity index (χ0v) is 7.99. The first kappa shape index (κ1) is 9.67. The standard InChI is InChI=1S/C10H10N3O2/c14-6-10(15)11-5-9-12-7-3-1-2-4-8(7)13-9/h1-4H,5-6H2,(H,11,15)(H,12,13). The summed E-state index contributed by atoms with van der Waals surface area (Å²) in [5, 5.41) is 12.6. The normalized spacial score (nSPS) is 10.5. The Kier molecular flexibility index (Phi) is 2.64. The van der Waals surface area contributed by atoms with Crippen molar-refractivity contribution < 1.29 is 9.90 Å². The molecule has 0 atom stereocenters. The average molecular weight is 204 g/mol. The van der Waals surface area contributed by atoms with Gasteiger partial charge in [0.1, 0.15) is 5.82 Å². The van der Waals surface area contributed by atoms with E-state index in [1.165, 1.54) is 0 Å². The Bertz CT molecular complexity index is 445. The van der Waals surface area contributed by atoms with Gasteiger partial charge in [0.15, 0.2) is 6.61 Å². The number of aromatic nitrogens is 2. The Labute approximate surface area is 86.1 Å². The molecule has 1 heterocycles. The summed E-state index contributed by atoms with van der Waals surface area (Å²) in [6.45, 7) is -0.490. The Morgan fingerprint density at radius 2 is 2.20 bits per heavy atom. The molecule has 5 heteroatoms. The van der Waals surface area contributed by atoms with Crippen LogP contribution in [0.4, 0.5) is 0 Å². The molecule has 0 saturated carbocycles. The molecule has 0 aliphatic carbocycles. The number of imidazole rings is 1. The van der Waals surface area contributed by atoms with Crippen LogP contribution < -0.4 is 5.32 Å². The van der Waals surface area contributed by atoms with Gasteiger partial charge in [0.05, 0.1) is 17.6 Å². The Balaban J connectivity index is 2.12. The molecule has 15 heavy (non-hydrogen) atoms. The molecule has 1 amide bonds. The van der Waals surface area contributed by atoms with E-state index in [2.05, 4.69) is 15.3 Å². The van der Waals surface area contributed by atoms with Crippen LogP contribution in [0.3, 0.4) is 0 Å². The van der Waals surface area contributed by atoms with Crippen molar-refractivity contribution in [3.63, 3.8) is 0 Å². The van der Waals surface area contributed by atoms with Gasteiger partial charge in [-0.15, -0.1) is 0 Å². The monoisotopic (exact) mass is 204 g/mol. The zero-order valence-electron chi connectivity index (χ0n) is 7.99. The highest BCUT2D eigenvalue weighted by Crippen LogP contribution is 2.09. The number of hydrogen-bond donors (Lipinski definition) is 2. The number of amides is 1. The third-order valence-corrected chi connectivity index (χ3v) is 2.02. The minimum atomic E-state index is -0.750. The molecule has 1 aromatic carbocycles. The molecule has 2 rings (SSSR count). The number of fused-ring (bicyclic) bond motifs is 1. The number of nitrogens with one attached hydrogen (secondary N) is 2. The topological polar surface area (TPSA) is 77.7 Å². The second-order valence-corrected chi connectivity index (χ2v) is 3.12. The van der Waals surface area contributed by atoms with E-state index >= 15 is 0 Å². The van der Waals surface area contributed by atoms with Crippen LogP contribution >= 0.6 is 0 Å². The van der Waals surface area contributed by atoms with Gasteiger partial charge in [-0.25, -0.2) is 10.1 Å². The van der Waals surface area contributed by atoms with Crippen LogP contribution in [-0.4, -0.2) is 22.5 Å². The minimum absolute atomic E-state index is 0.260. The molecule has 77 valence electrons. The molecule has 0 aliphatic rings. The second kappa shape index (κ2) is 4.10. The number of aromatic amines is 1. The van der Waals surface area contributed by atoms with Crippen molar-refractivity contribution in [2.75, 3.05) is 6.61 Å². The Morgan fingerprint density at radius 1 is 1.40 bits per heavy atom. The largest absolute Gasteiger partial charge is 0.347 e. The van der Waals surface area contributed by atoms with E-state index < -0.39 is 12.5 Å². The maximum Gasteiger partial charge on any atom is 0.249 e. The predicted octanol–water partition coefficient (Wildman–Crippen LogP) is 0.610. The Morgan fingerprint density at radius 3 is 2.93 bits per heavy atom. The maximum absolute atomic E-state index is 10.7. The van der Waals surface area contributed by atoms with E-state index in [0.29, 0.717) is 5.82 Å². The van der Waals surface area contributed by atoms with Crippen LogP contribution in [0.25, 0.3) is 11.0 Å². The Hall–Kier alpha value is -1.88. The first-order valence-electron chi connectivity index (χ1n) is 4.58. The number of carbonyl (C=O) groups is 1. The summed E-state index contributed by atoms with van der Waals surface area (Å²) in [6, 6.07) is 7.58. The average Bonchev–Trinajstić information content (AvgIpc) is 2.68. The smallest absolute Gasteiger partial charge is 0.249 e. The third kappa shape index (κ3) is 2.13. The fraction of sp³-hybridized carbons (Fsp3) is 0.200. The van der Waals surface area contributed by atoms with Crippen molar-refractivity contribution >= 4 is 16.9 Å². The van der Waals surface area contributed by atoms with Gasteiger partial charge >= 0.3 is 0 Å². The highest BCUT2D eigenvalue weighted by Gasteiger charge is 2.03. The summed E-state index contributed by atoms with van der Waals surface area (Å²) in [5.41, 5.74) is 1.77. The van der Waals surface area contributed by atoms with Crippen LogP contribution in [-0.2, 0) is 16.4 Å². The van der Waals surface area contributed by atoms with Crippen LogP contribution in [0, 0.1) is 0 Å². The maximum atomic E-state index is 10.7. The lowest BCUT2D eigenvalue weighted by molar-refractivity contribution is -0.125. The zero-order chi connectivity index (χ0) is 10.7. The molecule has 2 aromatic rings. The molecule has 0 aliphatic heterocycles. The van der Waals surface area contributed by atoms with Crippen molar-refractivity contribution in [3.05, 3.63) is 30.1 Å². The molecule has 1 radical (unpaired) electrons. The lowest BCUT2D eigenvalue weighted by atomic mass is 10.3. The number of rotatable bonds is 3. The third-order valence-electron chi connectivity index (χ3n) is 2.02. The van der Waals surface area contributed by atoms with Gasteiger partial charge in [0, 0.05) is 0 Å². The number of para-hydroxylation sites is 2. The lowest BCUT2D eigenvalue weighted by Gasteiger charge is -1.97. The van der Waals surface area contributed by atoms with E-state index in [9.17, 15) is 9.90 Å². The molecule has 0 saturated heterocycles. The van der Waals surface area contributed by atoms with Gasteiger partial charge in [0.2, 0.25) is 5.91 Å². The number of H-pyrrole nitrogens is 1. The second-order valence-electron chi connectivity index (χ2n) is 3.12. The highest BCUT2D eigenvalue weighted by molar-refractivity contribution is 5.77. The molecule has 0 bridgehead atoms. The fourth-order valence-electron chi connectivity index (χ4n) is 1.32. The summed E-state index contributed by atoms with van der Waals surface area (Å²) < 4.78 is 0. The van der Waals surface area contributed by atoms with E-state index in [0.717, 1.165) is 11.0 Å². The molecular weight excluding hydrogens is 194 g/mol. The molecule has 2 N–H and O–H groups in total. The molecule has 0 spiro atoms. The number of nitrogens with zero attached hydrogens (tertiary/aromatic N) is 1. The van der Waals surface area contributed by atoms with Crippen LogP contribution in [0.2, 0.25) is 0 Å². The molecule has 5 nitrogen and oxygen atoms in total. The summed E-state index contributed by atoms with van der Waals surface area (Å²) in [5.74, 6) is 0.133. The van der Waals surface area contributed by atoms with Gasteiger partial charge in [-0.2, -0.15) is 0 Å². The summed E-state index contributed by atoms with van der Waals surface area (Å²) in [4.78, 5) is 18.0. The van der Waals surface area contributed by atoms with Crippen LogP contribution in [0.15, 0.2) is 24.3 Å². The number of benzene rings is 1. The van der Waals surface area contributed by atoms with Crippen molar-refractivity contribution in [3.8, 4) is 0 Å². The summed E-state index contributed by atoms with van der Waals surface area (Å²) in [6.07, 6.45) is 0. The first-order valence-corrected chi connectivity index (χ1v) is 4.58. The van der Waals surface area contributed by atoms with Crippen LogP contribution in [0.1, 0.15) is 5.82 Å². The van der Waals surface area contributed by atoms with Gasteiger partial charge in [-0.3, -0.25) is 4.79 Å². The highest BCUT2D eigenvalue weighted by atomic mass is 16.3. The van der Waals surface area contributed by atoms with Gasteiger partial charge in [0.25, 0.3) is 0 Å². The molecule has 1 aromatic heterocycles. The van der Waals surface area contributed by atoms with Crippen molar-refractivity contribution in [1.29, 1.82) is 0 Å². The van der Waals surface area contributed by atoms with E-state index in [-0.39, 0.29) is 6.54 Å². The summed E-state index contributed by atoms with van der Waals surface area (Å²) in [7, 11) is 0. The van der Waals surface area contributed by atoms with Crippen molar-refractivity contribution in [1.82, 2.24) is 15.3 Å². The first-order chi connectivity index (χ1) is 7.29. The van der Waals surface area contributed by atoms with E-state index in [1.54, 1.807) is 0 Å². The summed E-state index contributed by atoms with van der Waals surface area (Å²) >= 11 is 0. The molecular formula is C10H10N3O2. The lowest BCUT2D eigenvalue weighted by Crippen LogP contribution is -2.25. The number of carbonyl (C=O) groups excluding carboxylic acids is 1. The molecule has 0 unspecified atom stereocenters. The predicted molar refractivity (Wildman–Crippen MR) is 53.5 cm³/mol. The van der Waals surface area contributed by atoms with E-state index in [4.69, 9.17) is 0 Å². The molecule has 0 fully saturated rings. The minimum Gasteiger partial charge on any atom is -0.347 e. The van der Waals surface area contributed by atoms with Gasteiger partial charge < -0.3 is 10.3 Å². The van der Waals surface area contributed by atoms with Gasteiger partial charge in [-0.1, -0.05) is 12.1 Å².